The summed E-state index contributed by atoms with van der Waals surface area (Å²) in [6.07, 6.45) is 2.90. The SMILES string of the molecule is Cc1ccc(C(=O)Nc2sc3c(c2C(N)=O)C[C@H](C)CC3)cc1C. The number of fused-ring (bicyclic) bond motifs is 1. The van der Waals surface area contributed by atoms with Crippen LogP contribution in [0.15, 0.2) is 18.2 Å². The van der Waals surface area contributed by atoms with Crippen LogP contribution in [0.4, 0.5) is 5.00 Å². The van der Waals surface area contributed by atoms with Gasteiger partial charge < -0.3 is 11.1 Å². The normalized spacial score (nSPS) is 16.5. The number of carbonyl (C=O) groups is 2. The third-order valence-corrected chi connectivity index (χ3v) is 5.96. The monoisotopic (exact) mass is 342 g/mol. The first-order valence-electron chi connectivity index (χ1n) is 8.19. The first-order valence-corrected chi connectivity index (χ1v) is 9.01. The summed E-state index contributed by atoms with van der Waals surface area (Å²) in [6.45, 7) is 6.17. The van der Waals surface area contributed by atoms with Crippen molar-refractivity contribution in [3.63, 3.8) is 0 Å². The number of primary amides is 1. The van der Waals surface area contributed by atoms with Crippen LogP contribution < -0.4 is 11.1 Å². The van der Waals surface area contributed by atoms with Crippen LogP contribution in [0.1, 0.15) is 55.6 Å². The minimum atomic E-state index is -0.461. The molecule has 1 aliphatic rings. The van der Waals surface area contributed by atoms with Gasteiger partial charge in [-0.25, -0.2) is 0 Å². The molecule has 2 aromatic rings. The summed E-state index contributed by atoms with van der Waals surface area (Å²) >= 11 is 1.49. The summed E-state index contributed by atoms with van der Waals surface area (Å²) < 4.78 is 0. The number of carbonyl (C=O) groups excluding carboxylic acids is 2. The highest BCUT2D eigenvalue weighted by Crippen LogP contribution is 2.39. The van der Waals surface area contributed by atoms with Crippen LogP contribution in [0, 0.1) is 19.8 Å². The maximum absolute atomic E-state index is 12.6. The van der Waals surface area contributed by atoms with E-state index >= 15 is 0 Å². The van der Waals surface area contributed by atoms with Gasteiger partial charge in [-0.3, -0.25) is 9.59 Å². The number of anilines is 1. The van der Waals surface area contributed by atoms with E-state index in [2.05, 4.69) is 12.2 Å². The number of rotatable bonds is 3. The largest absolute Gasteiger partial charge is 0.365 e. The molecule has 24 heavy (non-hydrogen) atoms. The van der Waals surface area contributed by atoms with Gasteiger partial charge in [-0.1, -0.05) is 13.0 Å². The molecule has 0 unspecified atom stereocenters. The molecule has 1 heterocycles. The van der Waals surface area contributed by atoms with Crippen molar-refractivity contribution in [3.05, 3.63) is 50.9 Å². The van der Waals surface area contributed by atoms with E-state index in [1.165, 1.54) is 16.2 Å². The van der Waals surface area contributed by atoms with Gasteiger partial charge in [0.15, 0.2) is 0 Å². The lowest BCUT2D eigenvalue weighted by Gasteiger charge is -2.18. The highest BCUT2D eigenvalue weighted by Gasteiger charge is 2.27. The maximum Gasteiger partial charge on any atom is 0.256 e. The molecule has 3 rings (SSSR count). The molecule has 126 valence electrons. The van der Waals surface area contributed by atoms with Gasteiger partial charge in [-0.15, -0.1) is 11.3 Å². The van der Waals surface area contributed by atoms with Gasteiger partial charge in [-0.05, 0) is 67.9 Å². The Morgan fingerprint density at radius 3 is 2.67 bits per heavy atom. The third-order valence-electron chi connectivity index (χ3n) is 4.75. The van der Waals surface area contributed by atoms with E-state index in [1.54, 1.807) is 6.07 Å². The molecule has 4 nitrogen and oxygen atoms in total. The minimum Gasteiger partial charge on any atom is -0.365 e. The molecular formula is C19H22N2O2S. The van der Waals surface area contributed by atoms with Crippen molar-refractivity contribution in [2.45, 2.75) is 40.0 Å². The molecule has 1 aromatic carbocycles. The van der Waals surface area contributed by atoms with Crippen LogP contribution in [0.25, 0.3) is 0 Å². The van der Waals surface area contributed by atoms with Gasteiger partial charge in [0.2, 0.25) is 0 Å². The Morgan fingerprint density at radius 2 is 2.00 bits per heavy atom. The average Bonchev–Trinajstić information content (AvgIpc) is 2.87. The summed E-state index contributed by atoms with van der Waals surface area (Å²) in [4.78, 5) is 25.7. The molecule has 1 atom stereocenters. The number of benzene rings is 1. The molecule has 5 heteroatoms. The second kappa shape index (κ2) is 6.40. The summed E-state index contributed by atoms with van der Waals surface area (Å²) in [7, 11) is 0. The molecule has 0 fully saturated rings. The second-order valence-corrected chi connectivity index (χ2v) is 7.78. The Bertz CT molecular complexity index is 823. The average molecular weight is 342 g/mol. The lowest BCUT2D eigenvalue weighted by Crippen LogP contribution is -2.20. The van der Waals surface area contributed by atoms with Crippen molar-refractivity contribution in [3.8, 4) is 0 Å². The number of thiophene rings is 1. The molecular weight excluding hydrogens is 320 g/mol. The Kier molecular flexibility index (Phi) is 4.45. The molecule has 1 aliphatic carbocycles. The van der Waals surface area contributed by atoms with E-state index in [4.69, 9.17) is 5.73 Å². The second-order valence-electron chi connectivity index (χ2n) is 6.67. The van der Waals surface area contributed by atoms with Gasteiger partial charge in [0.25, 0.3) is 11.8 Å². The first-order chi connectivity index (χ1) is 11.4. The van der Waals surface area contributed by atoms with Gasteiger partial charge in [0.1, 0.15) is 5.00 Å². The van der Waals surface area contributed by atoms with Crippen LogP contribution in [-0.2, 0) is 12.8 Å². The molecule has 0 bridgehead atoms. The van der Waals surface area contributed by atoms with Crippen LogP contribution >= 0.6 is 11.3 Å². The Morgan fingerprint density at radius 1 is 1.25 bits per heavy atom. The summed E-state index contributed by atoms with van der Waals surface area (Å²) in [6, 6.07) is 5.60. The molecule has 0 aliphatic heterocycles. The number of nitrogens with one attached hydrogen (secondary N) is 1. The summed E-state index contributed by atoms with van der Waals surface area (Å²) in [5.74, 6) is -0.127. The fourth-order valence-electron chi connectivity index (χ4n) is 3.16. The number of hydrogen-bond donors (Lipinski definition) is 2. The van der Waals surface area contributed by atoms with Crippen molar-refractivity contribution < 1.29 is 9.59 Å². The van der Waals surface area contributed by atoms with E-state index in [1.807, 2.05) is 26.0 Å². The number of aryl methyl sites for hydroxylation is 3. The summed E-state index contributed by atoms with van der Waals surface area (Å²) in [5, 5.41) is 3.49. The molecule has 1 aromatic heterocycles. The van der Waals surface area contributed by atoms with E-state index in [9.17, 15) is 9.59 Å². The molecule has 0 spiro atoms. The molecule has 2 amide bonds. The van der Waals surface area contributed by atoms with Crippen molar-refractivity contribution in [2.24, 2.45) is 11.7 Å². The van der Waals surface area contributed by atoms with E-state index in [0.717, 1.165) is 36.0 Å². The van der Waals surface area contributed by atoms with Gasteiger partial charge in [-0.2, -0.15) is 0 Å². The summed E-state index contributed by atoms with van der Waals surface area (Å²) in [5.41, 5.74) is 9.93. The molecule has 3 N–H and O–H groups in total. The van der Waals surface area contributed by atoms with E-state index in [-0.39, 0.29) is 5.91 Å². The Balaban J connectivity index is 1.93. The maximum atomic E-state index is 12.6. The van der Waals surface area contributed by atoms with Crippen LogP contribution in [0.5, 0.6) is 0 Å². The highest BCUT2D eigenvalue weighted by atomic mass is 32.1. The Hall–Kier alpha value is -2.14. The fourth-order valence-corrected chi connectivity index (χ4v) is 4.41. The van der Waals surface area contributed by atoms with Gasteiger partial charge in [0.05, 0.1) is 5.56 Å². The zero-order valence-electron chi connectivity index (χ0n) is 14.2. The Labute approximate surface area is 146 Å². The standard InChI is InChI=1S/C19H22N2O2S/c1-10-4-7-15-14(8-10)16(17(20)22)19(24-15)21-18(23)13-6-5-11(2)12(3)9-13/h5-6,9-10H,4,7-8H2,1-3H3,(H2,20,22)(H,21,23)/t10-/m1/s1. The smallest absolute Gasteiger partial charge is 0.256 e. The minimum absolute atomic E-state index is 0.202. The lowest BCUT2D eigenvalue weighted by atomic mass is 9.87. The van der Waals surface area contributed by atoms with Crippen LogP contribution in [0.2, 0.25) is 0 Å². The topological polar surface area (TPSA) is 72.2 Å². The van der Waals surface area contributed by atoms with Crippen molar-refractivity contribution in [2.75, 3.05) is 5.32 Å². The van der Waals surface area contributed by atoms with E-state index in [0.29, 0.717) is 22.0 Å². The number of nitrogens with two attached hydrogens (primary N) is 1. The number of amides is 2. The van der Waals surface area contributed by atoms with Crippen molar-refractivity contribution in [1.29, 1.82) is 0 Å². The molecule has 0 radical (unpaired) electrons. The quantitative estimate of drug-likeness (QED) is 0.889. The van der Waals surface area contributed by atoms with Gasteiger partial charge >= 0.3 is 0 Å². The number of hydrogen-bond acceptors (Lipinski definition) is 3. The molecule has 0 saturated heterocycles. The predicted octanol–water partition coefficient (Wildman–Crippen LogP) is 3.84. The van der Waals surface area contributed by atoms with E-state index < -0.39 is 5.91 Å². The lowest BCUT2D eigenvalue weighted by molar-refractivity contribution is 0.1000. The van der Waals surface area contributed by atoms with Crippen molar-refractivity contribution in [1.82, 2.24) is 0 Å². The zero-order chi connectivity index (χ0) is 17.4. The fraction of sp³-hybridized carbons (Fsp3) is 0.368. The van der Waals surface area contributed by atoms with Crippen LogP contribution in [0.3, 0.4) is 0 Å². The zero-order valence-corrected chi connectivity index (χ0v) is 15.0. The first kappa shape index (κ1) is 16.7. The van der Waals surface area contributed by atoms with Gasteiger partial charge in [0, 0.05) is 10.4 Å². The molecule has 0 saturated carbocycles. The predicted molar refractivity (Wildman–Crippen MR) is 97.9 cm³/mol. The highest BCUT2D eigenvalue weighted by molar-refractivity contribution is 7.17. The van der Waals surface area contributed by atoms with Crippen LogP contribution in [-0.4, -0.2) is 11.8 Å². The van der Waals surface area contributed by atoms with Crippen molar-refractivity contribution >= 4 is 28.2 Å². The third kappa shape index (κ3) is 3.08.